The third-order valence-electron chi connectivity index (χ3n) is 3.70. The van der Waals surface area contributed by atoms with Crippen LogP contribution in [0.1, 0.15) is 18.1 Å². The van der Waals surface area contributed by atoms with Crippen LogP contribution < -0.4 is 9.62 Å². The first-order chi connectivity index (χ1) is 11.3. The summed E-state index contributed by atoms with van der Waals surface area (Å²) in [6, 6.07) is 14.0. The van der Waals surface area contributed by atoms with Crippen LogP contribution >= 0.6 is 0 Å². The molecule has 0 heterocycles. The van der Waals surface area contributed by atoms with Gasteiger partial charge in [0.15, 0.2) is 0 Å². The Morgan fingerprint density at radius 3 is 2.33 bits per heavy atom. The first kappa shape index (κ1) is 18.2. The predicted molar refractivity (Wildman–Crippen MR) is 95.6 cm³/mol. The van der Waals surface area contributed by atoms with Crippen molar-refractivity contribution in [2.24, 2.45) is 0 Å². The molecule has 0 fully saturated rings. The maximum atomic E-state index is 12.2. The highest BCUT2D eigenvalue weighted by atomic mass is 32.2. The highest BCUT2D eigenvalue weighted by molar-refractivity contribution is 7.89. The van der Waals surface area contributed by atoms with Crippen molar-refractivity contribution in [2.75, 3.05) is 18.0 Å². The van der Waals surface area contributed by atoms with Gasteiger partial charge in [0.05, 0.1) is 4.90 Å². The van der Waals surface area contributed by atoms with Crippen LogP contribution in [0.2, 0.25) is 0 Å². The summed E-state index contributed by atoms with van der Waals surface area (Å²) in [6.45, 7) is 5.82. The number of hydrogen-bond acceptors (Lipinski definition) is 3. The van der Waals surface area contributed by atoms with Gasteiger partial charge >= 0.3 is 0 Å². The Labute approximate surface area is 143 Å². The highest BCUT2D eigenvalue weighted by Crippen LogP contribution is 2.21. The molecule has 0 aliphatic rings. The molecule has 2 aromatic carbocycles. The van der Waals surface area contributed by atoms with Crippen LogP contribution in [0.5, 0.6) is 0 Å². The monoisotopic (exact) mass is 346 g/mol. The lowest BCUT2D eigenvalue weighted by atomic mass is 10.1. The van der Waals surface area contributed by atoms with Gasteiger partial charge in [-0.25, -0.2) is 13.1 Å². The van der Waals surface area contributed by atoms with Crippen molar-refractivity contribution in [2.45, 2.75) is 25.7 Å². The van der Waals surface area contributed by atoms with Crippen LogP contribution in [0, 0.1) is 13.8 Å². The number of rotatable bonds is 6. The first-order valence-electron chi connectivity index (χ1n) is 7.71. The van der Waals surface area contributed by atoms with Gasteiger partial charge in [0, 0.05) is 25.7 Å². The molecule has 0 aromatic heterocycles. The summed E-state index contributed by atoms with van der Waals surface area (Å²) in [5.41, 5.74) is 2.90. The average Bonchev–Trinajstić information content (AvgIpc) is 2.53. The molecule has 0 aliphatic carbocycles. The van der Waals surface area contributed by atoms with Gasteiger partial charge in [0.25, 0.3) is 0 Å². The Bertz CT molecular complexity index is 817. The number of amides is 1. The molecule has 0 saturated carbocycles. The zero-order valence-corrected chi connectivity index (χ0v) is 14.9. The van der Waals surface area contributed by atoms with Crippen molar-refractivity contribution in [1.29, 1.82) is 0 Å². The third kappa shape index (κ3) is 4.43. The number of nitrogens with one attached hydrogen (secondary N) is 1. The molecule has 2 aromatic rings. The lowest BCUT2D eigenvalue weighted by Crippen LogP contribution is -2.37. The quantitative estimate of drug-likeness (QED) is 0.874. The predicted octanol–water partition coefficient (Wildman–Crippen LogP) is 2.63. The molecule has 5 nitrogen and oxygen atoms in total. The smallest absolute Gasteiger partial charge is 0.240 e. The minimum Gasteiger partial charge on any atom is -0.311 e. The summed E-state index contributed by atoms with van der Waals surface area (Å²) in [5, 5.41) is 0. The van der Waals surface area contributed by atoms with Crippen LogP contribution in [0.4, 0.5) is 5.69 Å². The summed E-state index contributed by atoms with van der Waals surface area (Å²) < 4.78 is 27.0. The molecule has 1 amide bonds. The minimum atomic E-state index is -3.57. The van der Waals surface area contributed by atoms with Crippen LogP contribution in [0.15, 0.2) is 53.4 Å². The Kier molecular flexibility index (Phi) is 5.75. The molecule has 0 unspecified atom stereocenters. The van der Waals surface area contributed by atoms with E-state index in [1.165, 1.54) is 19.1 Å². The number of carbonyl (C=O) groups is 1. The van der Waals surface area contributed by atoms with E-state index in [0.29, 0.717) is 0 Å². The van der Waals surface area contributed by atoms with Gasteiger partial charge < -0.3 is 4.90 Å². The normalized spacial score (nSPS) is 11.3. The van der Waals surface area contributed by atoms with E-state index in [1.54, 1.807) is 23.1 Å². The standard InChI is InChI=1S/C18H22N2O3S/c1-14-9-10-18(15(2)13-14)20(16(3)21)12-11-19-24(22,23)17-7-5-4-6-8-17/h4-10,13,19H,11-12H2,1-3H3. The summed E-state index contributed by atoms with van der Waals surface area (Å²) >= 11 is 0. The second kappa shape index (κ2) is 7.59. The maximum absolute atomic E-state index is 12.2. The Morgan fingerprint density at radius 2 is 1.75 bits per heavy atom. The molecule has 0 saturated heterocycles. The van der Waals surface area contributed by atoms with Gasteiger partial charge in [0.2, 0.25) is 15.9 Å². The molecular formula is C18H22N2O3S. The fourth-order valence-corrected chi connectivity index (χ4v) is 3.57. The van der Waals surface area contributed by atoms with Gasteiger partial charge in [-0.3, -0.25) is 4.79 Å². The topological polar surface area (TPSA) is 66.5 Å². The Balaban J connectivity index is 2.09. The first-order valence-corrected chi connectivity index (χ1v) is 9.19. The van der Waals surface area contributed by atoms with E-state index in [1.807, 2.05) is 32.0 Å². The van der Waals surface area contributed by atoms with Gasteiger partial charge in [0.1, 0.15) is 0 Å². The number of nitrogens with zero attached hydrogens (tertiary/aromatic N) is 1. The molecule has 0 radical (unpaired) electrons. The fourth-order valence-electron chi connectivity index (χ4n) is 2.53. The van der Waals surface area contributed by atoms with Gasteiger partial charge in [-0.2, -0.15) is 0 Å². The summed E-state index contributed by atoms with van der Waals surface area (Å²) in [7, 11) is -3.57. The van der Waals surface area contributed by atoms with E-state index in [2.05, 4.69) is 4.72 Å². The fraction of sp³-hybridized carbons (Fsp3) is 0.278. The number of aryl methyl sites for hydroxylation is 2. The van der Waals surface area contributed by atoms with Crippen molar-refractivity contribution in [3.8, 4) is 0 Å². The van der Waals surface area contributed by atoms with Crippen molar-refractivity contribution < 1.29 is 13.2 Å². The minimum absolute atomic E-state index is 0.124. The van der Waals surface area contributed by atoms with Crippen molar-refractivity contribution in [1.82, 2.24) is 4.72 Å². The summed E-state index contributed by atoms with van der Waals surface area (Å²) in [4.78, 5) is 13.8. The van der Waals surface area contributed by atoms with E-state index in [-0.39, 0.29) is 23.9 Å². The second-order valence-electron chi connectivity index (χ2n) is 5.67. The molecule has 0 aliphatic heterocycles. The van der Waals surface area contributed by atoms with Crippen molar-refractivity contribution >= 4 is 21.6 Å². The summed E-state index contributed by atoms with van der Waals surface area (Å²) in [5.74, 6) is -0.124. The molecule has 6 heteroatoms. The van der Waals surface area contributed by atoms with E-state index < -0.39 is 10.0 Å². The van der Waals surface area contributed by atoms with E-state index in [4.69, 9.17) is 0 Å². The number of carbonyl (C=O) groups excluding carboxylic acids is 1. The van der Waals surface area contributed by atoms with Gasteiger partial charge in [-0.15, -0.1) is 0 Å². The molecule has 0 bridgehead atoms. The molecule has 0 atom stereocenters. The van der Waals surface area contributed by atoms with Crippen LogP contribution in [0.3, 0.4) is 0 Å². The molecule has 2 rings (SSSR count). The highest BCUT2D eigenvalue weighted by Gasteiger charge is 2.17. The van der Waals surface area contributed by atoms with Crippen LogP contribution in [-0.4, -0.2) is 27.4 Å². The number of sulfonamides is 1. The number of benzene rings is 2. The van der Waals surface area contributed by atoms with E-state index in [9.17, 15) is 13.2 Å². The lowest BCUT2D eigenvalue weighted by molar-refractivity contribution is -0.116. The molecule has 128 valence electrons. The van der Waals surface area contributed by atoms with E-state index >= 15 is 0 Å². The van der Waals surface area contributed by atoms with Gasteiger partial charge in [-0.1, -0.05) is 35.9 Å². The number of anilines is 1. The second-order valence-corrected chi connectivity index (χ2v) is 7.44. The van der Waals surface area contributed by atoms with Crippen molar-refractivity contribution in [3.63, 3.8) is 0 Å². The zero-order chi connectivity index (χ0) is 17.7. The lowest BCUT2D eigenvalue weighted by Gasteiger charge is -2.23. The third-order valence-corrected chi connectivity index (χ3v) is 5.18. The van der Waals surface area contributed by atoms with E-state index in [0.717, 1.165) is 16.8 Å². The molecule has 0 spiro atoms. The largest absolute Gasteiger partial charge is 0.311 e. The van der Waals surface area contributed by atoms with Crippen molar-refractivity contribution in [3.05, 3.63) is 59.7 Å². The molecule has 24 heavy (non-hydrogen) atoms. The maximum Gasteiger partial charge on any atom is 0.240 e. The van der Waals surface area contributed by atoms with Crippen LogP contribution in [0.25, 0.3) is 0 Å². The molecular weight excluding hydrogens is 324 g/mol. The molecule has 1 N–H and O–H groups in total. The Hall–Kier alpha value is -2.18. The zero-order valence-electron chi connectivity index (χ0n) is 14.1. The summed E-state index contributed by atoms with van der Waals surface area (Å²) in [6.07, 6.45) is 0. The number of hydrogen-bond donors (Lipinski definition) is 1. The van der Waals surface area contributed by atoms with Crippen LogP contribution in [-0.2, 0) is 14.8 Å². The SMILES string of the molecule is CC(=O)N(CCNS(=O)(=O)c1ccccc1)c1ccc(C)cc1C. The average molecular weight is 346 g/mol. The van der Waals surface area contributed by atoms with Gasteiger partial charge in [-0.05, 0) is 37.6 Å². The Morgan fingerprint density at radius 1 is 1.08 bits per heavy atom.